The first-order chi connectivity index (χ1) is 9.09. The van der Waals surface area contributed by atoms with Crippen LogP contribution in [-0.2, 0) is 4.79 Å². The molecule has 6 heteroatoms. The molecular formula is C13H17ClN2O3. The number of carbonyl (C=O) groups excluding carboxylic acids is 2. The molecule has 1 aliphatic heterocycles. The van der Waals surface area contributed by atoms with Crippen molar-refractivity contribution in [3.63, 3.8) is 0 Å². The van der Waals surface area contributed by atoms with Crippen molar-refractivity contribution in [1.29, 1.82) is 0 Å². The zero-order valence-corrected chi connectivity index (χ0v) is 11.6. The van der Waals surface area contributed by atoms with Crippen LogP contribution in [0.4, 0.5) is 0 Å². The molecule has 104 valence electrons. The van der Waals surface area contributed by atoms with Gasteiger partial charge in [0.25, 0.3) is 5.91 Å². The van der Waals surface area contributed by atoms with Gasteiger partial charge in [-0.1, -0.05) is 0 Å². The predicted molar refractivity (Wildman–Crippen MR) is 71.1 cm³/mol. The average Bonchev–Trinajstić information content (AvgIpc) is 2.85. The van der Waals surface area contributed by atoms with E-state index in [4.69, 9.17) is 16.0 Å². The van der Waals surface area contributed by atoms with Gasteiger partial charge in [0.2, 0.25) is 11.1 Å². The Morgan fingerprint density at radius 3 is 2.63 bits per heavy atom. The molecular weight excluding hydrogens is 268 g/mol. The maximum Gasteiger partial charge on any atom is 0.256 e. The van der Waals surface area contributed by atoms with Crippen LogP contribution in [0.1, 0.15) is 36.5 Å². The maximum absolute atomic E-state index is 12.1. The second kappa shape index (κ2) is 6.10. The van der Waals surface area contributed by atoms with Crippen LogP contribution in [0.2, 0.25) is 5.22 Å². The molecule has 0 aromatic carbocycles. The van der Waals surface area contributed by atoms with Crippen molar-refractivity contribution >= 4 is 23.4 Å². The lowest BCUT2D eigenvalue weighted by molar-refractivity contribution is -0.133. The molecule has 1 fully saturated rings. The molecule has 5 nitrogen and oxygen atoms in total. The second-order valence-electron chi connectivity index (χ2n) is 4.69. The molecule has 2 heterocycles. The molecule has 2 amide bonds. The fourth-order valence-electron chi connectivity index (χ4n) is 2.18. The number of piperidine rings is 1. The summed E-state index contributed by atoms with van der Waals surface area (Å²) in [4.78, 5) is 25.8. The fourth-order valence-corrected chi connectivity index (χ4v) is 2.38. The first-order valence-corrected chi connectivity index (χ1v) is 6.80. The van der Waals surface area contributed by atoms with Crippen molar-refractivity contribution in [2.75, 3.05) is 13.1 Å². The minimum absolute atomic E-state index is 0.0371. The Hall–Kier alpha value is -1.49. The van der Waals surface area contributed by atoms with E-state index >= 15 is 0 Å². The third kappa shape index (κ3) is 3.29. The molecule has 1 aliphatic rings. The van der Waals surface area contributed by atoms with Crippen LogP contribution in [0.15, 0.2) is 16.7 Å². The summed E-state index contributed by atoms with van der Waals surface area (Å²) in [5.74, 6) is -0.440. The van der Waals surface area contributed by atoms with Crippen LogP contribution in [0.25, 0.3) is 0 Å². The van der Waals surface area contributed by atoms with Crippen molar-refractivity contribution in [3.8, 4) is 0 Å². The lowest BCUT2D eigenvalue weighted by Gasteiger charge is -2.29. The van der Waals surface area contributed by atoms with Gasteiger partial charge in [0.05, 0.1) is 11.8 Å². The summed E-state index contributed by atoms with van der Waals surface area (Å²) in [6.45, 7) is 3.22. The van der Waals surface area contributed by atoms with Crippen molar-refractivity contribution in [2.24, 2.45) is 0 Å². The van der Waals surface area contributed by atoms with E-state index in [1.165, 1.54) is 12.3 Å². The van der Waals surface area contributed by atoms with Gasteiger partial charge in [-0.3, -0.25) is 9.59 Å². The van der Waals surface area contributed by atoms with Gasteiger partial charge in [0.1, 0.15) is 6.04 Å². The van der Waals surface area contributed by atoms with Crippen LogP contribution in [0.5, 0.6) is 0 Å². The number of nitrogens with zero attached hydrogens (tertiary/aromatic N) is 1. The van der Waals surface area contributed by atoms with Crippen LogP contribution in [-0.4, -0.2) is 35.8 Å². The van der Waals surface area contributed by atoms with Crippen LogP contribution in [0, 0.1) is 0 Å². The van der Waals surface area contributed by atoms with Crippen LogP contribution in [0.3, 0.4) is 0 Å². The minimum Gasteiger partial charge on any atom is -0.452 e. The van der Waals surface area contributed by atoms with Crippen LogP contribution >= 0.6 is 11.6 Å². The van der Waals surface area contributed by atoms with E-state index in [1.807, 2.05) is 0 Å². The highest BCUT2D eigenvalue weighted by Gasteiger charge is 2.24. The number of nitrogens with one attached hydrogen (secondary N) is 1. The monoisotopic (exact) mass is 284 g/mol. The van der Waals surface area contributed by atoms with E-state index < -0.39 is 11.9 Å². The molecule has 0 aliphatic carbocycles. The Bertz CT molecular complexity index is 466. The van der Waals surface area contributed by atoms with Gasteiger partial charge in [-0.05, 0) is 43.9 Å². The summed E-state index contributed by atoms with van der Waals surface area (Å²) in [7, 11) is 0. The zero-order valence-electron chi connectivity index (χ0n) is 10.8. The minimum atomic E-state index is -0.559. The number of furan rings is 1. The largest absolute Gasteiger partial charge is 0.452 e. The Morgan fingerprint density at radius 2 is 2.05 bits per heavy atom. The fraction of sp³-hybridized carbons (Fsp3) is 0.538. The number of amides is 2. The quantitative estimate of drug-likeness (QED) is 0.924. The number of likely N-dealkylation sites (tertiary alicyclic amines) is 1. The summed E-state index contributed by atoms with van der Waals surface area (Å²) < 4.78 is 4.85. The predicted octanol–water partition coefficient (Wildman–Crippen LogP) is 2.06. The van der Waals surface area contributed by atoms with Crippen molar-refractivity contribution < 1.29 is 14.0 Å². The Balaban J connectivity index is 1.93. The molecule has 0 saturated carbocycles. The van der Waals surface area contributed by atoms with E-state index in [0.29, 0.717) is 0 Å². The molecule has 0 radical (unpaired) electrons. The number of rotatable bonds is 3. The molecule has 1 unspecified atom stereocenters. The van der Waals surface area contributed by atoms with E-state index in [1.54, 1.807) is 11.8 Å². The van der Waals surface area contributed by atoms with Gasteiger partial charge < -0.3 is 14.6 Å². The van der Waals surface area contributed by atoms with E-state index in [2.05, 4.69) is 5.32 Å². The van der Waals surface area contributed by atoms with Gasteiger partial charge in [-0.15, -0.1) is 0 Å². The summed E-state index contributed by atoms with van der Waals surface area (Å²) in [5.41, 5.74) is 0.250. The molecule has 1 saturated heterocycles. The molecule has 1 N–H and O–H groups in total. The van der Waals surface area contributed by atoms with Gasteiger partial charge >= 0.3 is 0 Å². The third-order valence-electron chi connectivity index (χ3n) is 3.25. The number of halogens is 1. The zero-order chi connectivity index (χ0) is 13.8. The first kappa shape index (κ1) is 13.9. The van der Waals surface area contributed by atoms with Gasteiger partial charge in [0, 0.05) is 13.1 Å². The summed E-state index contributed by atoms with van der Waals surface area (Å²) in [6, 6.07) is 0.923. The van der Waals surface area contributed by atoms with Crippen LogP contribution < -0.4 is 5.32 Å². The molecule has 2 rings (SSSR count). The molecule has 1 aromatic heterocycles. The summed E-state index contributed by atoms with van der Waals surface area (Å²) >= 11 is 5.72. The number of hydrogen-bond donors (Lipinski definition) is 1. The highest BCUT2D eigenvalue weighted by Crippen LogP contribution is 2.16. The van der Waals surface area contributed by atoms with E-state index in [-0.39, 0.29) is 16.7 Å². The highest BCUT2D eigenvalue weighted by atomic mass is 35.5. The van der Waals surface area contributed by atoms with E-state index in [0.717, 1.165) is 32.4 Å². The summed E-state index contributed by atoms with van der Waals surface area (Å²) in [5, 5.41) is 2.68. The van der Waals surface area contributed by atoms with Crippen molar-refractivity contribution in [3.05, 3.63) is 23.1 Å². The first-order valence-electron chi connectivity index (χ1n) is 6.42. The molecule has 1 aromatic rings. The molecule has 0 bridgehead atoms. The lowest BCUT2D eigenvalue weighted by Crippen LogP contribution is -2.48. The van der Waals surface area contributed by atoms with Gasteiger partial charge in [-0.25, -0.2) is 0 Å². The SMILES string of the molecule is CC(NC(=O)c1ccoc1Cl)C(=O)N1CCCCC1. The number of hydrogen-bond acceptors (Lipinski definition) is 3. The molecule has 19 heavy (non-hydrogen) atoms. The topological polar surface area (TPSA) is 62.6 Å². The van der Waals surface area contributed by atoms with Gasteiger partial charge in [0.15, 0.2) is 0 Å². The lowest BCUT2D eigenvalue weighted by atomic mass is 10.1. The Labute approximate surface area is 116 Å². The normalized spacial score (nSPS) is 17.1. The van der Waals surface area contributed by atoms with Crippen molar-refractivity contribution in [2.45, 2.75) is 32.2 Å². The van der Waals surface area contributed by atoms with Crippen molar-refractivity contribution in [1.82, 2.24) is 10.2 Å². The number of carbonyl (C=O) groups is 2. The highest BCUT2D eigenvalue weighted by molar-refractivity contribution is 6.32. The smallest absolute Gasteiger partial charge is 0.256 e. The second-order valence-corrected chi connectivity index (χ2v) is 5.03. The summed E-state index contributed by atoms with van der Waals surface area (Å²) in [6.07, 6.45) is 4.56. The van der Waals surface area contributed by atoms with E-state index in [9.17, 15) is 9.59 Å². The Kier molecular flexibility index (Phi) is 4.47. The third-order valence-corrected chi connectivity index (χ3v) is 3.54. The average molecular weight is 285 g/mol. The maximum atomic E-state index is 12.1. The Morgan fingerprint density at radius 1 is 1.37 bits per heavy atom. The molecule has 1 atom stereocenters. The molecule has 0 spiro atoms. The van der Waals surface area contributed by atoms with Gasteiger partial charge in [-0.2, -0.15) is 0 Å². The standard InChI is InChI=1S/C13H17ClN2O3/c1-9(13(18)16-6-3-2-4-7-16)15-12(17)10-5-8-19-11(10)14/h5,8-9H,2-4,6-7H2,1H3,(H,15,17).